The van der Waals surface area contributed by atoms with E-state index in [9.17, 15) is 0 Å². The molecular formula is C16H25N3O. The fourth-order valence-corrected chi connectivity index (χ4v) is 3.81. The van der Waals surface area contributed by atoms with Crippen molar-refractivity contribution < 1.29 is 4.74 Å². The number of imidazole rings is 1. The molecule has 2 aliphatic heterocycles. The number of hydrogen-bond acceptors (Lipinski definition) is 3. The van der Waals surface area contributed by atoms with Gasteiger partial charge < -0.3 is 14.6 Å². The molecule has 4 nitrogen and oxygen atoms in total. The van der Waals surface area contributed by atoms with E-state index >= 15 is 0 Å². The minimum atomic E-state index is 0.00775. The Balaban J connectivity index is 1.73. The summed E-state index contributed by atoms with van der Waals surface area (Å²) in [5.41, 5.74) is 2.82. The van der Waals surface area contributed by atoms with Crippen LogP contribution in [0.15, 0.2) is 0 Å². The van der Waals surface area contributed by atoms with Crippen LogP contribution < -0.4 is 5.32 Å². The molecule has 1 aromatic heterocycles. The van der Waals surface area contributed by atoms with Gasteiger partial charge in [-0.25, -0.2) is 4.98 Å². The highest BCUT2D eigenvalue weighted by Crippen LogP contribution is 2.44. The first-order chi connectivity index (χ1) is 9.64. The van der Waals surface area contributed by atoms with E-state index in [1.165, 1.54) is 30.1 Å². The smallest absolute Gasteiger partial charge is 0.112 e. The SMILES string of the molecule is CC1(C)CC(n2c(C3CC3)nc3c2CCNC3)CCO1. The molecule has 1 saturated carbocycles. The maximum atomic E-state index is 5.91. The molecule has 0 spiro atoms. The maximum absolute atomic E-state index is 5.91. The monoisotopic (exact) mass is 275 g/mol. The Morgan fingerprint density at radius 1 is 1.30 bits per heavy atom. The molecule has 2 fully saturated rings. The molecule has 0 radical (unpaired) electrons. The van der Waals surface area contributed by atoms with Crippen LogP contribution in [-0.4, -0.2) is 28.3 Å². The molecule has 3 aliphatic rings. The molecule has 0 bridgehead atoms. The molecule has 1 atom stereocenters. The molecule has 3 heterocycles. The first kappa shape index (κ1) is 12.8. The summed E-state index contributed by atoms with van der Waals surface area (Å²) < 4.78 is 8.53. The van der Waals surface area contributed by atoms with Crippen molar-refractivity contribution in [1.82, 2.24) is 14.9 Å². The second kappa shape index (κ2) is 4.57. The number of aromatic nitrogens is 2. The molecule has 20 heavy (non-hydrogen) atoms. The summed E-state index contributed by atoms with van der Waals surface area (Å²) >= 11 is 0. The van der Waals surface area contributed by atoms with Crippen molar-refractivity contribution in [1.29, 1.82) is 0 Å². The van der Waals surface area contributed by atoms with Crippen molar-refractivity contribution in [2.45, 2.75) is 70.1 Å². The van der Waals surface area contributed by atoms with Crippen LogP contribution in [0.3, 0.4) is 0 Å². The zero-order valence-corrected chi connectivity index (χ0v) is 12.6. The van der Waals surface area contributed by atoms with E-state index < -0.39 is 0 Å². The predicted molar refractivity (Wildman–Crippen MR) is 77.9 cm³/mol. The average Bonchev–Trinajstić information content (AvgIpc) is 3.18. The summed E-state index contributed by atoms with van der Waals surface area (Å²) in [6.45, 7) is 7.37. The first-order valence-electron chi connectivity index (χ1n) is 8.08. The Bertz CT molecular complexity index is 516. The van der Waals surface area contributed by atoms with E-state index in [4.69, 9.17) is 9.72 Å². The average molecular weight is 275 g/mol. The van der Waals surface area contributed by atoms with Crippen molar-refractivity contribution in [3.8, 4) is 0 Å². The number of hydrogen-bond donors (Lipinski definition) is 1. The van der Waals surface area contributed by atoms with Gasteiger partial charge in [0, 0.05) is 43.8 Å². The molecule has 110 valence electrons. The Labute approximate surface area is 120 Å². The van der Waals surface area contributed by atoms with Crippen LogP contribution in [0, 0.1) is 0 Å². The van der Waals surface area contributed by atoms with Gasteiger partial charge in [-0.15, -0.1) is 0 Å². The Morgan fingerprint density at radius 3 is 2.90 bits per heavy atom. The summed E-state index contributed by atoms with van der Waals surface area (Å²) in [6, 6.07) is 0.587. The van der Waals surface area contributed by atoms with Gasteiger partial charge in [0.25, 0.3) is 0 Å². The molecular weight excluding hydrogens is 250 g/mol. The van der Waals surface area contributed by atoms with E-state index in [-0.39, 0.29) is 5.60 Å². The Hall–Kier alpha value is -0.870. The molecule has 0 amide bonds. The lowest BCUT2D eigenvalue weighted by atomic mass is 9.93. The summed E-state index contributed by atoms with van der Waals surface area (Å²) in [5, 5.41) is 3.46. The lowest BCUT2D eigenvalue weighted by Crippen LogP contribution is -2.36. The van der Waals surface area contributed by atoms with Gasteiger partial charge in [0.05, 0.1) is 11.3 Å². The molecule has 1 saturated heterocycles. The highest BCUT2D eigenvalue weighted by atomic mass is 16.5. The van der Waals surface area contributed by atoms with Crippen molar-refractivity contribution in [3.63, 3.8) is 0 Å². The van der Waals surface area contributed by atoms with Gasteiger partial charge in [0.2, 0.25) is 0 Å². The quantitative estimate of drug-likeness (QED) is 0.901. The van der Waals surface area contributed by atoms with E-state index in [0.29, 0.717) is 6.04 Å². The number of ether oxygens (including phenoxy) is 1. The van der Waals surface area contributed by atoms with Gasteiger partial charge in [0.15, 0.2) is 0 Å². The molecule has 1 unspecified atom stereocenters. The number of nitrogens with one attached hydrogen (secondary N) is 1. The summed E-state index contributed by atoms with van der Waals surface area (Å²) in [5.74, 6) is 2.10. The fourth-order valence-electron chi connectivity index (χ4n) is 3.81. The molecule has 4 heteroatoms. The normalized spacial score (nSPS) is 29.2. The summed E-state index contributed by atoms with van der Waals surface area (Å²) in [6.07, 6.45) is 6.04. The number of fused-ring (bicyclic) bond motifs is 1. The summed E-state index contributed by atoms with van der Waals surface area (Å²) in [7, 11) is 0. The van der Waals surface area contributed by atoms with Crippen molar-refractivity contribution in [2.24, 2.45) is 0 Å². The fraction of sp³-hybridized carbons (Fsp3) is 0.812. The number of rotatable bonds is 2. The Kier molecular flexibility index (Phi) is 2.93. The van der Waals surface area contributed by atoms with E-state index in [1.807, 2.05) is 0 Å². The van der Waals surface area contributed by atoms with E-state index in [1.54, 1.807) is 0 Å². The first-order valence-corrected chi connectivity index (χ1v) is 8.08. The second-order valence-corrected chi connectivity index (χ2v) is 7.19. The largest absolute Gasteiger partial charge is 0.375 e. The second-order valence-electron chi connectivity index (χ2n) is 7.19. The lowest BCUT2D eigenvalue weighted by molar-refractivity contribution is -0.0697. The van der Waals surface area contributed by atoms with Gasteiger partial charge in [-0.2, -0.15) is 0 Å². The maximum Gasteiger partial charge on any atom is 0.112 e. The molecule has 0 aromatic carbocycles. The molecule has 1 N–H and O–H groups in total. The molecule has 4 rings (SSSR count). The topological polar surface area (TPSA) is 39.1 Å². The summed E-state index contributed by atoms with van der Waals surface area (Å²) in [4.78, 5) is 5.00. The van der Waals surface area contributed by atoms with Gasteiger partial charge in [-0.3, -0.25) is 0 Å². The van der Waals surface area contributed by atoms with Crippen LogP contribution in [0.1, 0.15) is 68.7 Å². The molecule has 1 aromatic rings. The zero-order chi connectivity index (χ0) is 13.7. The van der Waals surface area contributed by atoms with E-state index in [0.717, 1.165) is 44.9 Å². The zero-order valence-electron chi connectivity index (χ0n) is 12.6. The lowest BCUT2D eigenvalue weighted by Gasteiger charge is -2.37. The van der Waals surface area contributed by atoms with Gasteiger partial charge in [-0.1, -0.05) is 0 Å². The van der Waals surface area contributed by atoms with Crippen LogP contribution in [-0.2, 0) is 17.7 Å². The van der Waals surface area contributed by atoms with Crippen LogP contribution in [0.4, 0.5) is 0 Å². The van der Waals surface area contributed by atoms with Crippen molar-refractivity contribution in [3.05, 3.63) is 17.2 Å². The van der Waals surface area contributed by atoms with Crippen LogP contribution in [0.2, 0.25) is 0 Å². The minimum Gasteiger partial charge on any atom is -0.375 e. The standard InChI is InChI=1S/C16H25N3O/c1-16(2)9-12(6-8-20-16)19-14-5-7-17-10-13(14)18-15(19)11-3-4-11/h11-12,17H,3-10H2,1-2H3. The van der Waals surface area contributed by atoms with Crippen molar-refractivity contribution in [2.75, 3.05) is 13.2 Å². The number of nitrogens with zero attached hydrogens (tertiary/aromatic N) is 2. The van der Waals surface area contributed by atoms with Gasteiger partial charge >= 0.3 is 0 Å². The van der Waals surface area contributed by atoms with Crippen LogP contribution in [0.25, 0.3) is 0 Å². The van der Waals surface area contributed by atoms with Crippen LogP contribution in [0.5, 0.6) is 0 Å². The predicted octanol–water partition coefficient (Wildman–Crippen LogP) is 2.54. The third kappa shape index (κ3) is 2.19. The highest BCUT2D eigenvalue weighted by molar-refractivity contribution is 5.25. The van der Waals surface area contributed by atoms with Gasteiger partial charge in [0.1, 0.15) is 5.82 Å². The Morgan fingerprint density at radius 2 is 2.15 bits per heavy atom. The minimum absolute atomic E-state index is 0.00775. The highest BCUT2D eigenvalue weighted by Gasteiger charge is 2.37. The van der Waals surface area contributed by atoms with Crippen LogP contribution >= 0.6 is 0 Å². The molecule has 1 aliphatic carbocycles. The van der Waals surface area contributed by atoms with Gasteiger partial charge in [-0.05, 0) is 39.5 Å². The third-order valence-electron chi connectivity index (χ3n) is 4.93. The third-order valence-corrected chi connectivity index (χ3v) is 4.93. The van der Waals surface area contributed by atoms with E-state index in [2.05, 4.69) is 23.7 Å². The van der Waals surface area contributed by atoms with Crippen molar-refractivity contribution >= 4 is 0 Å².